The molecule has 3 aromatic carbocycles. The van der Waals surface area contributed by atoms with Crippen LogP contribution in [0.15, 0.2) is 79.1 Å². The van der Waals surface area contributed by atoms with Gasteiger partial charge in [0.2, 0.25) is 0 Å². The summed E-state index contributed by atoms with van der Waals surface area (Å²) in [5.74, 6) is 0.424. The molecule has 0 bridgehead atoms. The summed E-state index contributed by atoms with van der Waals surface area (Å²) < 4.78 is 19.4. The van der Waals surface area contributed by atoms with Crippen LogP contribution in [0.2, 0.25) is 5.02 Å². The molecule has 0 saturated carbocycles. The van der Waals surface area contributed by atoms with E-state index in [4.69, 9.17) is 16.3 Å². The van der Waals surface area contributed by atoms with Crippen molar-refractivity contribution in [2.24, 2.45) is 0 Å². The van der Waals surface area contributed by atoms with Gasteiger partial charge in [-0.3, -0.25) is 4.98 Å². The van der Waals surface area contributed by atoms with E-state index in [0.717, 1.165) is 33.2 Å². The van der Waals surface area contributed by atoms with Crippen molar-refractivity contribution < 1.29 is 9.13 Å². The second-order valence-corrected chi connectivity index (χ2v) is 7.16. The van der Waals surface area contributed by atoms with Gasteiger partial charge < -0.3 is 10.1 Å². The van der Waals surface area contributed by atoms with Gasteiger partial charge in [-0.15, -0.1) is 0 Å². The molecule has 1 N–H and O–H groups in total. The fourth-order valence-corrected chi connectivity index (χ4v) is 3.48. The van der Waals surface area contributed by atoms with Gasteiger partial charge in [0.05, 0.1) is 5.02 Å². The quantitative estimate of drug-likeness (QED) is 0.415. The maximum atomic E-state index is 13.3. The first-order valence-corrected chi connectivity index (χ1v) is 9.75. The molecule has 0 fully saturated rings. The molecule has 1 aromatic heterocycles. The van der Waals surface area contributed by atoms with Crippen LogP contribution in [0, 0.1) is 5.82 Å². The zero-order chi connectivity index (χ0) is 20.1. The minimum Gasteiger partial charge on any atom is -0.488 e. The number of fused-ring (bicyclic) bond motifs is 1. The molecule has 0 unspecified atom stereocenters. The van der Waals surface area contributed by atoms with Gasteiger partial charge in [0.15, 0.2) is 0 Å². The van der Waals surface area contributed by atoms with Crippen molar-refractivity contribution in [2.75, 3.05) is 0 Å². The minimum absolute atomic E-state index is 0.271. The number of benzene rings is 3. The Kier molecular flexibility index (Phi) is 6.03. The Morgan fingerprint density at radius 3 is 2.69 bits per heavy atom. The highest BCUT2D eigenvalue weighted by atomic mass is 35.5. The summed E-state index contributed by atoms with van der Waals surface area (Å²) in [5.41, 5.74) is 2.94. The van der Waals surface area contributed by atoms with Gasteiger partial charge in [0.25, 0.3) is 0 Å². The third-order valence-corrected chi connectivity index (χ3v) is 5.10. The lowest BCUT2D eigenvalue weighted by molar-refractivity contribution is 0.302. The predicted octanol–water partition coefficient (Wildman–Crippen LogP) is 5.90. The zero-order valence-electron chi connectivity index (χ0n) is 15.7. The Bertz CT molecular complexity index is 1120. The molecular formula is C24H20ClFN2O. The first-order valence-electron chi connectivity index (χ1n) is 9.38. The molecule has 0 atom stereocenters. The average Bonchev–Trinajstić information content (AvgIpc) is 2.74. The third-order valence-electron chi connectivity index (χ3n) is 4.75. The highest BCUT2D eigenvalue weighted by Crippen LogP contribution is 2.29. The Hall–Kier alpha value is -2.95. The Balaban J connectivity index is 1.56. The third kappa shape index (κ3) is 4.73. The molecule has 0 aliphatic carbocycles. The molecule has 0 aliphatic rings. The van der Waals surface area contributed by atoms with Crippen LogP contribution in [-0.2, 0) is 19.7 Å². The molecule has 0 radical (unpaired) electrons. The molecule has 5 heteroatoms. The largest absolute Gasteiger partial charge is 0.488 e. The molecule has 4 rings (SSSR count). The summed E-state index contributed by atoms with van der Waals surface area (Å²) in [7, 11) is 0. The summed E-state index contributed by atoms with van der Waals surface area (Å²) in [6, 6.07) is 20.5. The van der Waals surface area contributed by atoms with Gasteiger partial charge in [-0.05, 0) is 40.6 Å². The van der Waals surface area contributed by atoms with Crippen LogP contribution in [0.1, 0.15) is 16.7 Å². The zero-order valence-corrected chi connectivity index (χ0v) is 16.5. The van der Waals surface area contributed by atoms with Crippen molar-refractivity contribution in [3.8, 4) is 5.75 Å². The first kappa shape index (κ1) is 19.4. The Labute approximate surface area is 174 Å². The summed E-state index contributed by atoms with van der Waals surface area (Å²) in [5, 5.41) is 6.12. The molecule has 0 saturated heterocycles. The number of hydrogen-bond donors (Lipinski definition) is 1. The van der Waals surface area contributed by atoms with Crippen LogP contribution in [-0.4, -0.2) is 4.98 Å². The van der Waals surface area contributed by atoms with E-state index in [1.807, 2.05) is 42.6 Å². The monoisotopic (exact) mass is 406 g/mol. The van der Waals surface area contributed by atoms with Crippen LogP contribution in [0.25, 0.3) is 10.8 Å². The van der Waals surface area contributed by atoms with Crippen molar-refractivity contribution in [1.29, 1.82) is 0 Å². The molecule has 0 aliphatic heterocycles. The molecule has 3 nitrogen and oxygen atoms in total. The Morgan fingerprint density at radius 1 is 0.966 bits per heavy atom. The molecule has 4 aromatic rings. The summed E-state index contributed by atoms with van der Waals surface area (Å²) >= 11 is 6.14. The van der Waals surface area contributed by atoms with Gasteiger partial charge in [-0.2, -0.15) is 0 Å². The lowest BCUT2D eigenvalue weighted by Crippen LogP contribution is -2.14. The summed E-state index contributed by atoms with van der Waals surface area (Å²) in [6.07, 6.45) is 3.62. The molecule has 1 heterocycles. The van der Waals surface area contributed by atoms with Crippen molar-refractivity contribution in [3.63, 3.8) is 0 Å². The van der Waals surface area contributed by atoms with Crippen molar-refractivity contribution >= 4 is 22.4 Å². The van der Waals surface area contributed by atoms with Crippen LogP contribution < -0.4 is 10.1 Å². The van der Waals surface area contributed by atoms with Gasteiger partial charge in [0.1, 0.15) is 18.2 Å². The fourth-order valence-electron chi connectivity index (χ4n) is 3.26. The fraction of sp³-hybridized carbons (Fsp3) is 0.125. The highest BCUT2D eigenvalue weighted by Gasteiger charge is 2.10. The number of nitrogens with zero attached hydrogens (tertiary/aromatic N) is 1. The van der Waals surface area contributed by atoms with Crippen molar-refractivity contribution in [3.05, 3.63) is 107 Å². The van der Waals surface area contributed by atoms with Crippen molar-refractivity contribution in [1.82, 2.24) is 10.3 Å². The maximum absolute atomic E-state index is 13.3. The van der Waals surface area contributed by atoms with Gasteiger partial charge in [-0.1, -0.05) is 54.1 Å². The lowest BCUT2D eigenvalue weighted by atomic mass is 10.0. The highest BCUT2D eigenvalue weighted by molar-refractivity contribution is 6.31. The van der Waals surface area contributed by atoms with E-state index in [0.29, 0.717) is 18.1 Å². The number of halogens is 2. The second kappa shape index (κ2) is 9.03. The van der Waals surface area contributed by atoms with E-state index in [1.54, 1.807) is 12.3 Å². The number of nitrogens with one attached hydrogen (secondary N) is 1. The van der Waals surface area contributed by atoms with E-state index in [2.05, 4.69) is 22.4 Å². The molecular weight excluding hydrogens is 387 g/mol. The van der Waals surface area contributed by atoms with Crippen LogP contribution in [0.3, 0.4) is 0 Å². The summed E-state index contributed by atoms with van der Waals surface area (Å²) in [4.78, 5) is 4.15. The molecule has 0 spiro atoms. The normalized spacial score (nSPS) is 11.0. The van der Waals surface area contributed by atoms with E-state index < -0.39 is 0 Å². The lowest BCUT2D eigenvalue weighted by Gasteiger charge is -2.16. The standard InChI is InChI=1S/C24H20ClFN2O/c25-23-12-20(26)9-7-19(23)16-29-24-10-8-18-5-1-2-6-21(18)22(24)15-28-14-17-4-3-11-27-13-17/h1-13,28H,14-16H2. The van der Waals surface area contributed by atoms with Crippen LogP contribution in [0.4, 0.5) is 4.39 Å². The number of pyridine rings is 1. The van der Waals surface area contributed by atoms with Crippen LogP contribution in [0.5, 0.6) is 5.75 Å². The predicted molar refractivity (Wildman–Crippen MR) is 114 cm³/mol. The minimum atomic E-state index is -0.357. The second-order valence-electron chi connectivity index (χ2n) is 6.75. The van der Waals surface area contributed by atoms with Gasteiger partial charge in [-0.25, -0.2) is 4.39 Å². The molecule has 29 heavy (non-hydrogen) atoms. The van der Waals surface area contributed by atoms with E-state index in [1.165, 1.54) is 12.1 Å². The first-order chi connectivity index (χ1) is 14.2. The Morgan fingerprint density at radius 2 is 1.86 bits per heavy atom. The summed E-state index contributed by atoms with van der Waals surface area (Å²) in [6.45, 7) is 1.62. The number of ether oxygens (including phenoxy) is 1. The molecule has 146 valence electrons. The van der Waals surface area contributed by atoms with E-state index in [9.17, 15) is 4.39 Å². The number of aromatic nitrogens is 1. The smallest absolute Gasteiger partial charge is 0.124 e. The topological polar surface area (TPSA) is 34.1 Å². The van der Waals surface area contributed by atoms with E-state index >= 15 is 0 Å². The van der Waals surface area contributed by atoms with Crippen molar-refractivity contribution in [2.45, 2.75) is 19.7 Å². The van der Waals surface area contributed by atoms with Gasteiger partial charge in [0, 0.05) is 36.6 Å². The molecule has 0 amide bonds. The number of rotatable bonds is 7. The SMILES string of the molecule is Fc1ccc(COc2ccc3ccccc3c2CNCc2cccnc2)c(Cl)c1. The maximum Gasteiger partial charge on any atom is 0.124 e. The number of hydrogen-bond acceptors (Lipinski definition) is 3. The van der Waals surface area contributed by atoms with E-state index in [-0.39, 0.29) is 12.4 Å². The van der Waals surface area contributed by atoms with Gasteiger partial charge >= 0.3 is 0 Å². The van der Waals surface area contributed by atoms with Crippen LogP contribution >= 0.6 is 11.6 Å². The average molecular weight is 407 g/mol.